The Labute approximate surface area is 127 Å². The molecule has 0 spiro atoms. The Morgan fingerprint density at radius 2 is 2.00 bits per heavy atom. The average Bonchev–Trinajstić information content (AvgIpc) is 2.94. The molecule has 0 saturated heterocycles. The number of aryl methyl sites for hydroxylation is 1. The Bertz CT molecular complexity index is 932. The molecule has 3 aromatic rings. The van der Waals surface area contributed by atoms with Crippen molar-refractivity contribution in [2.75, 3.05) is 11.8 Å². The maximum atomic E-state index is 12.5. The molecule has 1 heterocycles. The summed E-state index contributed by atoms with van der Waals surface area (Å²) in [6.07, 6.45) is 1.28. The van der Waals surface area contributed by atoms with E-state index in [9.17, 15) is 8.42 Å². The molecule has 7 heteroatoms. The molecule has 22 heavy (non-hydrogen) atoms. The van der Waals surface area contributed by atoms with Crippen LogP contribution in [0.15, 0.2) is 52.1 Å². The number of nitrogens with one attached hydrogen (secondary N) is 1. The maximum absolute atomic E-state index is 12.5. The molecular weight excluding hydrogens is 304 g/mol. The summed E-state index contributed by atoms with van der Waals surface area (Å²) in [5, 5.41) is 0. The van der Waals surface area contributed by atoms with E-state index in [0.29, 0.717) is 22.5 Å². The molecular formula is C15H14N2O4S. The highest BCUT2D eigenvalue weighted by molar-refractivity contribution is 7.92. The number of methoxy groups -OCH3 is 1. The number of nitrogens with zero attached hydrogens (tertiary/aromatic N) is 1. The largest absolute Gasteiger partial charge is 0.495 e. The Kier molecular flexibility index (Phi) is 3.50. The van der Waals surface area contributed by atoms with Gasteiger partial charge in [-0.2, -0.15) is 0 Å². The smallest absolute Gasteiger partial charge is 0.262 e. The number of aromatic nitrogens is 1. The lowest BCUT2D eigenvalue weighted by Gasteiger charge is -2.12. The Morgan fingerprint density at radius 3 is 2.77 bits per heavy atom. The minimum atomic E-state index is -3.75. The topological polar surface area (TPSA) is 81.4 Å². The van der Waals surface area contributed by atoms with Gasteiger partial charge in [0.15, 0.2) is 12.0 Å². The zero-order chi connectivity index (χ0) is 15.7. The van der Waals surface area contributed by atoms with Gasteiger partial charge in [0.2, 0.25) is 0 Å². The zero-order valence-electron chi connectivity index (χ0n) is 12.0. The van der Waals surface area contributed by atoms with E-state index in [1.165, 1.54) is 25.6 Å². The summed E-state index contributed by atoms with van der Waals surface area (Å²) < 4.78 is 37.9. The number of hydrogen-bond acceptors (Lipinski definition) is 5. The minimum Gasteiger partial charge on any atom is -0.495 e. The molecule has 0 unspecified atom stereocenters. The molecule has 0 bridgehead atoms. The van der Waals surface area contributed by atoms with Crippen LogP contribution in [0.4, 0.5) is 5.69 Å². The van der Waals surface area contributed by atoms with Gasteiger partial charge in [0.05, 0.1) is 17.7 Å². The third-order valence-electron chi connectivity index (χ3n) is 3.21. The first kappa shape index (κ1) is 14.4. The SMILES string of the molecule is COc1ccc(C)cc1NS(=O)(=O)c1ccc2ncoc2c1. The molecule has 0 fully saturated rings. The van der Waals surface area contributed by atoms with Gasteiger partial charge >= 0.3 is 0 Å². The van der Waals surface area contributed by atoms with Crippen molar-refractivity contribution in [1.29, 1.82) is 0 Å². The van der Waals surface area contributed by atoms with Crippen molar-refractivity contribution in [3.05, 3.63) is 48.4 Å². The van der Waals surface area contributed by atoms with Gasteiger partial charge < -0.3 is 9.15 Å². The second-order valence-corrected chi connectivity index (χ2v) is 6.47. The third kappa shape index (κ3) is 2.62. The normalized spacial score (nSPS) is 11.5. The van der Waals surface area contributed by atoms with Crippen LogP contribution in [0.25, 0.3) is 11.1 Å². The molecule has 1 aromatic heterocycles. The summed E-state index contributed by atoms with van der Waals surface area (Å²) in [6, 6.07) is 9.79. The van der Waals surface area contributed by atoms with Crippen molar-refractivity contribution in [3.63, 3.8) is 0 Å². The van der Waals surface area contributed by atoms with Gasteiger partial charge in [-0.25, -0.2) is 13.4 Å². The molecule has 0 aliphatic carbocycles. The van der Waals surface area contributed by atoms with Crippen LogP contribution in [0, 0.1) is 6.92 Å². The lowest BCUT2D eigenvalue weighted by molar-refractivity contribution is 0.417. The van der Waals surface area contributed by atoms with Crippen molar-refractivity contribution in [1.82, 2.24) is 4.98 Å². The molecule has 0 aliphatic heterocycles. The van der Waals surface area contributed by atoms with E-state index in [-0.39, 0.29) is 4.90 Å². The molecule has 114 valence electrons. The molecule has 0 amide bonds. The lowest BCUT2D eigenvalue weighted by atomic mass is 10.2. The molecule has 0 atom stereocenters. The van der Waals surface area contributed by atoms with Gasteiger partial charge in [-0.05, 0) is 36.8 Å². The minimum absolute atomic E-state index is 0.0975. The van der Waals surface area contributed by atoms with Crippen LogP contribution < -0.4 is 9.46 Å². The highest BCUT2D eigenvalue weighted by Gasteiger charge is 2.18. The maximum Gasteiger partial charge on any atom is 0.262 e. The van der Waals surface area contributed by atoms with Crippen LogP contribution in [-0.4, -0.2) is 20.5 Å². The van der Waals surface area contributed by atoms with Gasteiger partial charge in [0.1, 0.15) is 11.3 Å². The van der Waals surface area contributed by atoms with Crippen molar-refractivity contribution < 1.29 is 17.6 Å². The third-order valence-corrected chi connectivity index (χ3v) is 4.58. The first-order valence-corrected chi connectivity index (χ1v) is 7.98. The number of benzene rings is 2. The number of oxazole rings is 1. The number of sulfonamides is 1. The van der Waals surface area contributed by atoms with Crippen molar-refractivity contribution in [3.8, 4) is 5.75 Å². The van der Waals surface area contributed by atoms with E-state index in [1.54, 1.807) is 18.2 Å². The lowest BCUT2D eigenvalue weighted by Crippen LogP contribution is -2.13. The van der Waals surface area contributed by atoms with Crippen LogP contribution in [0.5, 0.6) is 5.75 Å². The number of anilines is 1. The van der Waals surface area contributed by atoms with Gasteiger partial charge in [-0.1, -0.05) is 6.07 Å². The number of fused-ring (bicyclic) bond motifs is 1. The van der Waals surface area contributed by atoms with E-state index in [4.69, 9.17) is 9.15 Å². The predicted molar refractivity (Wildman–Crippen MR) is 82.5 cm³/mol. The molecule has 3 rings (SSSR count). The van der Waals surface area contributed by atoms with E-state index in [1.807, 2.05) is 13.0 Å². The molecule has 0 saturated carbocycles. The summed E-state index contributed by atoms with van der Waals surface area (Å²) in [7, 11) is -2.26. The van der Waals surface area contributed by atoms with Gasteiger partial charge in [0, 0.05) is 6.07 Å². The number of ether oxygens (including phenoxy) is 1. The van der Waals surface area contributed by atoms with E-state index < -0.39 is 10.0 Å². The monoisotopic (exact) mass is 318 g/mol. The summed E-state index contributed by atoms with van der Waals surface area (Å²) in [5.74, 6) is 0.454. The first-order chi connectivity index (χ1) is 10.5. The molecule has 0 aliphatic rings. The van der Waals surface area contributed by atoms with E-state index >= 15 is 0 Å². The van der Waals surface area contributed by atoms with Crippen molar-refractivity contribution in [2.45, 2.75) is 11.8 Å². The fourth-order valence-electron chi connectivity index (χ4n) is 2.11. The molecule has 2 aromatic carbocycles. The first-order valence-electron chi connectivity index (χ1n) is 6.50. The number of rotatable bonds is 4. The highest BCUT2D eigenvalue weighted by Crippen LogP contribution is 2.28. The summed E-state index contributed by atoms with van der Waals surface area (Å²) in [4.78, 5) is 4.06. The Hall–Kier alpha value is -2.54. The summed E-state index contributed by atoms with van der Waals surface area (Å²) in [6.45, 7) is 1.87. The summed E-state index contributed by atoms with van der Waals surface area (Å²) in [5.41, 5.74) is 2.33. The van der Waals surface area contributed by atoms with E-state index in [2.05, 4.69) is 9.71 Å². The van der Waals surface area contributed by atoms with Crippen LogP contribution >= 0.6 is 0 Å². The fourth-order valence-corrected chi connectivity index (χ4v) is 3.18. The zero-order valence-corrected chi connectivity index (χ0v) is 12.8. The average molecular weight is 318 g/mol. The molecule has 1 N–H and O–H groups in total. The predicted octanol–water partition coefficient (Wildman–Crippen LogP) is 2.95. The van der Waals surface area contributed by atoms with Crippen LogP contribution in [-0.2, 0) is 10.0 Å². The van der Waals surface area contributed by atoms with E-state index in [0.717, 1.165) is 5.56 Å². The van der Waals surface area contributed by atoms with Crippen LogP contribution in [0.3, 0.4) is 0 Å². The summed E-state index contributed by atoms with van der Waals surface area (Å²) >= 11 is 0. The van der Waals surface area contributed by atoms with Crippen molar-refractivity contribution in [2.24, 2.45) is 0 Å². The second kappa shape index (κ2) is 5.34. The van der Waals surface area contributed by atoms with Gasteiger partial charge in [-0.3, -0.25) is 4.72 Å². The highest BCUT2D eigenvalue weighted by atomic mass is 32.2. The van der Waals surface area contributed by atoms with Gasteiger partial charge in [0.25, 0.3) is 10.0 Å². The standard InChI is InChI=1S/C15H14N2O4S/c1-10-3-6-14(20-2)13(7-10)17-22(18,19)11-4-5-12-15(8-11)21-9-16-12/h3-9,17H,1-2H3. The van der Waals surface area contributed by atoms with Crippen LogP contribution in [0.1, 0.15) is 5.56 Å². The van der Waals surface area contributed by atoms with Gasteiger partial charge in [-0.15, -0.1) is 0 Å². The Morgan fingerprint density at radius 1 is 1.18 bits per heavy atom. The quantitative estimate of drug-likeness (QED) is 0.800. The Balaban J connectivity index is 2.01. The van der Waals surface area contributed by atoms with Crippen LogP contribution in [0.2, 0.25) is 0 Å². The fraction of sp³-hybridized carbons (Fsp3) is 0.133. The molecule has 0 radical (unpaired) electrons. The second-order valence-electron chi connectivity index (χ2n) is 4.79. The number of hydrogen-bond donors (Lipinski definition) is 1. The van der Waals surface area contributed by atoms with Crippen molar-refractivity contribution >= 4 is 26.8 Å². The molecule has 6 nitrogen and oxygen atoms in total.